The van der Waals surface area contributed by atoms with Crippen molar-refractivity contribution < 1.29 is 31.1 Å². The van der Waals surface area contributed by atoms with E-state index in [1.54, 1.807) is 11.8 Å². The van der Waals surface area contributed by atoms with Crippen LogP contribution in [0.3, 0.4) is 0 Å². The van der Waals surface area contributed by atoms with Gasteiger partial charge in [-0.25, -0.2) is 9.97 Å². The highest BCUT2D eigenvalue weighted by atomic mass is 32.2. The standard InChI is InChI=1S/C16H15F6N3OS.C2H6/c1-27-3-2-26-13-8-24-14(25-9-13)23-7-10-4-11(15(17,18)19)6-12(5-10)16(20,21)22;1-2/h4-6,8-9H,2-3,7H2,1H3,(H,23,24,25);1-2H3. The molecule has 162 valence electrons. The van der Waals surface area contributed by atoms with Crippen LogP contribution in [0.2, 0.25) is 0 Å². The van der Waals surface area contributed by atoms with E-state index in [1.165, 1.54) is 12.4 Å². The molecule has 0 amide bonds. The van der Waals surface area contributed by atoms with E-state index in [4.69, 9.17) is 4.74 Å². The first-order valence-corrected chi connectivity index (χ1v) is 9.95. The molecular formula is C18H21F6N3OS. The minimum Gasteiger partial charge on any atom is -0.489 e. The van der Waals surface area contributed by atoms with Gasteiger partial charge in [0.15, 0.2) is 5.75 Å². The predicted octanol–water partition coefficient (Wildman–Crippen LogP) is 5.89. The van der Waals surface area contributed by atoms with E-state index in [1.807, 2.05) is 20.1 Å². The van der Waals surface area contributed by atoms with Crippen LogP contribution < -0.4 is 10.1 Å². The van der Waals surface area contributed by atoms with Gasteiger partial charge in [-0.2, -0.15) is 38.1 Å². The Morgan fingerprint density at radius 1 is 0.931 bits per heavy atom. The Bertz CT molecular complexity index is 718. The van der Waals surface area contributed by atoms with Gasteiger partial charge in [0, 0.05) is 12.3 Å². The summed E-state index contributed by atoms with van der Waals surface area (Å²) in [5, 5.41) is 2.60. The molecule has 0 aliphatic heterocycles. The molecule has 0 radical (unpaired) electrons. The van der Waals surface area contributed by atoms with E-state index in [0.717, 1.165) is 5.75 Å². The number of benzene rings is 1. The highest BCUT2D eigenvalue weighted by Crippen LogP contribution is 2.36. The third-order valence-electron chi connectivity index (χ3n) is 3.28. The van der Waals surface area contributed by atoms with Crippen molar-refractivity contribution in [3.05, 3.63) is 47.3 Å². The van der Waals surface area contributed by atoms with Gasteiger partial charge in [0.25, 0.3) is 0 Å². The molecule has 0 spiro atoms. The Labute approximate surface area is 169 Å². The highest BCUT2D eigenvalue weighted by Gasteiger charge is 2.36. The number of alkyl halides is 6. The Morgan fingerprint density at radius 2 is 1.45 bits per heavy atom. The zero-order valence-electron chi connectivity index (χ0n) is 16.0. The van der Waals surface area contributed by atoms with Crippen molar-refractivity contribution in [2.24, 2.45) is 0 Å². The van der Waals surface area contributed by atoms with Crippen molar-refractivity contribution in [3.8, 4) is 5.75 Å². The number of halogens is 6. The van der Waals surface area contributed by atoms with Crippen molar-refractivity contribution in [2.45, 2.75) is 32.7 Å². The van der Waals surface area contributed by atoms with E-state index >= 15 is 0 Å². The number of anilines is 1. The minimum atomic E-state index is -4.89. The topological polar surface area (TPSA) is 47.0 Å². The van der Waals surface area contributed by atoms with Gasteiger partial charge in [-0.1, -0.05) is 13.8 Å². The molecule has 1 aromatic carbocycles. The van der Waals surface area contributed by atoms with Gasteiger partial charge in [-0.05, 0) is 30.0 Å². The molecule has 0 fully saturated rings. The Morgan fingerprint density at radius 3 is 1.90 bits per heavy atom. The molecule has 0 saturated carbocycles. The molecule has 0 aliphatic rings. The molecule has 0 atom stereocenters. The molecule has 2 aromatic rings. The molecule has 1 heterocycles. The highest BCUT2D eigenvalue weighted by molar-refractivity contribution is 7.98. The van der Waals surface area contributed by atoms with Crippen LogP contribution in [0.4, 0.5) is 32.3 Å². The van der Waals surface area contributed by atoms with Crippen molar-refractivity contribution in [2.75, 3.05) is 23.9 Å². The average Bonchev–Trinajstić information content (AvgIpc) is 2.67. The van der Waals surface area contributed by atoms with Gasteiger partial charge in [0.1, 0.15) is 0 Å². The van der Waals surface area contributed by atoms with Crippen molar-refractivity contribution in [3.63, 3.8) is 0 Å². The van der Waals surface area contributed by atoms with E-state index in [9.17, 15) is 26.3 Å². The van der Waals surface area contributed by atoms with Gasteiger partial charge in [-0.3, -0.25) is 0 Å². The lowest BCUT2D eigenvalue weighted by molar-refractivity contribution is -0.143. The van der Waals surface area contributed by atoms with Crippen LogP contribution in [0, 0.1) is 0 Å². The molecule has 0 aliphatic carbocycles. The maximum atomic E-state index is 12.8. The number of rotatable bonds is 7. The van der Waals surface area contributed by atoms with Crippen LogP contribution in [0.25, 0.3) is 0 Å². The molecule has 0 saturated heterocycles. The Hall–Kier alpha value is -2.17. The molecule has 0 unspecified atom stereocenters. The lowest BCUT2D eigenvalue weighted by Gasteiger charge is -2.14. The number of hydrogen-bond donors (Lipinski definition) is 1. The van der Waals surface area contributed by atoms with Crippen molar-refractivity contribution in [1.29, 1.82) is 0 Å². The predicted molar refractivity (Wildman–Crippen MR) is 101 cm³/mol. The van der Waals surface area contributed by atoms with Crippen LogP contribution in [0.1, 0.15) is 30.5 Å². The fraction of sp³-hybridized carbons (Fsp3) is 0.444. The number of aromatic nitrogens is 2. The lowest BCUT2D eigenvalue weighted by Crippen LogP contribution is -2.13. The summed E-state index contributed by atoms with van der Waals surface area (Å²) in [6.07, 6.45) is -5.12. The normalized spacial score (nSPS) is 11.5. The molecular weight excluding hydrogens is 420 g/mol. The molecule has 29 heavy (non-hydrogen) atoms. The van der Waals surface area contributed by atoms with E-state index in [2.05, 4.69) is 15.3 Å². The Kier molecular flexibility index (Phi) is 9.54. The molecule has 1 aromatic heterocycles. The average molecular weight is 441 g/mol. The van der Waals surface area contributed by atoms with E-state index in [0.29, 0.717) is 24.5 Å². The molecule has 4 nitrogen and oxygen atoms in total. The van der Waals surface area contributed by atoms with Crippen LogP contribution >= 0.6 is 11.8 Å². The number of nitrogens with zero attached hydrogens (tertiary/aromatic N) is 2. The summed E-state index contributed by atoms with van der Waals surface area (Å²) < 4.78 is 82.4. The minimum absolute atomic E-state index is 0.0539. The second kappa shape index (κ2) is 11.1. The smallest absolute Gasteiger partial charge is 0.416 e. The first-order valence-electron chi connectivity index (χ1n) is 8.55. The third-order valence-corrected chi connectivity index (χ3v) is 3.86. The third kappa shape index (κ3) is 8.38. The van der Waals surface area contributed by atoms with Gasteiger partial charge in [0.2, 0.25) is 5.95 Å². The first-order chi connectivity index (χ1) is 13.6. The van der Waals surface area contributed by atoms with E-state index in [-0.39, 0.29) is 24.1 Å². The Balaban J connectivity index is 0.00000204. The van der Waals surface area contributed by atoms with Crippen LogP contribution in [-0.2, 0) is 18.9 Å². The SMILES string of the molecule is CC.CSCCOc1cnc(NCc2cc(C(F)(F)F)cc(C(F)(F)F)c2)nc1. The number of thioether (sulfide) groups is 1. The van der Waals surface area contributed by atoms with Crippen LogP contribution in [0.5, 0.6) is 5.75 Å². The molecule has 0 bridgehead atoms. The van der Waals surface area contributed by atoms with Gasteiger partial charge >= 0.3 is 12.4 Å². The maximum Gasteiger partial charge on any atom is 0.416 e. The zero-order chi connectivity index (χ0) is 22.1. The van der Waals surface area contributed by atoms with Crippen LogP contribution in [0.15, 0.2) is 30.6 Å². The van der Waals surface area contributed by atoms with Gasteiger partial charge in [-0.15, -0.1) is 0 Å². The molecule has 1 N–H and O–H groups in total. The first kappa shape index (κ1) is 24.9. The second-order valence-corrected chi connectivity index (χ2v) is 6.34. The summed E-state index contributed by atoms with van der Waals surface area (Å²) in [7, 11) is 0. The summed E-state index contributed by atoms with van der Waals surface area (Å²) in [6, 6.07) is 1.39. The van der Waals surface area contributed by atoms with Crippen molar-refractivity contribution >= 4 is 17.7 Å². The van der Waals surface area contributed by atoms with Gasteiger partial charge in [0.05, 0.1) is 30.1 Å². The number of nitrogens with one attached hydrogen (secondary N) is 1. The maximum absolute atomic E-state index is 12.8. The summed E-state index contributed by atoms with van der Waals surface area (Å²) in [5.41, 5.74) is -2.93. The molecule has 11 heteroatoms. The van der Waals surface area contributed by atoms with E-state index < -0.39 is 23.5 Å². The summed E-state index contributed by atoms with van der Waals surface area (Å²) in [4.78, 5) is 7.83. The fourth-order valence-electron chi connectivity index (χ4n) is 2.03. The zero-order valence-corrected chi connectivity index (χ0v) is 16.8. The second-order valence-electron chi connectivity index (χ2n) is 5.35. The fourth-order valence-corrected chi connectivity index (χ4v) is 2.28. The largest absolute Gasteiger partial charge is 0.489 e. The van der Waals surface area contributed by atoms with Gasteiger partial charge < -0.3 is 10.1 Å². The quantitative estimate of drug-likeness (QED) is 0.429. The number of ether oxygens (including phenoxy) is 1. The monoisotopic (exact) mass is 441 g/mol. The summed E-state index contributed by atoms with van der Waals surface area (Å²) >= 11 is 1.60. The van der Waals surface area contributed by atoms with Crippen LogP contribution in [-0.4, -0.2) is 28.6 Å². The number of hydrogen-bond acceptors (Lipinski definition) is 5. The van der Waals surface area contributed by atoms with Crippen molar-refractivity contribution in [1.82, 2.24) is 9.97 Å². The summed E-state index contributed by atoms with van der Waals surface area (Å²) in [6.45, 7) is 4.15. The lowest BCUT2D eigenvalue weighted by atomic mass is 10.0. The molecule has 2 rings (SSSR count). The summed E-state index contributed by atoms with van der Waals surface area (Å²) in [5.74, 6) is 1.24.